The van der Waals surface area contributed by atoms with Gasteiger partial charge in [-0.25, -0.2) is 12.8 Å². The number of rotatable bonds is 11. The molecule has 0 heterocycles. The molecule has 0 aliphatic carbocycles. The number of nitrogens with one attached hydrogen (secondary N) is 1. The topological polar surface area (TPSA) is 86.8 Å². The minimum absolute atomic E-state index is 0.0249. The SMILES string of the molecule is CNC(=O)[C@@H](Cc1ccccc1)N(Cc1ccccc1F)C(=O)CN(c1ccccc1C)S(=O)(=O)c1ccc(C)cc1. The molecule has 0 bridgehead atoms. The van der Waals surface area contributed by atoms with Crippen molar-refractivity contribution in [3.63, 3.8) is 0 Å². The molecule has 0 spiro atoms. The molecule has 0 aromatic heterocycles. The first-order chi connectivity index (χ1) is 20.1. The zero-order valence-corrected chi connectivity index (χ0v) is 24.6. The average molecular weight is 588 g/mol. The van der Waals surface area contributed by atoms with E-state index in [0.717, 1.165) is 15.4 Å². The predicted molar refractivity (Wildman–Crippen MR) is 162 cm³/mol. The number of amides is 2. The van der Waals surface area contributed by atoms with Crippen LogP contribution in [0.15, 0.2) is 108 Å². The summed E-state index contributed by atoms with van der Waals surface area (Å²) >= 11 is 0. The van der Waals surface area contributed by atoms with Gasteiger partial charge in [-0.15, -0.1) is 0 Å². The molecular formula is C33H34FN3O4S. The lowest BCUT2D eigenvalue weighted by atomic mass is 10.0. The second-order valence-electron chi connectivity index (χ2n) is 10.0. The van der Waals surface area contributed by atoms with Gasteiger partial charge in [0.05, 0.1) is 10.6 Å². The second-order valence-corrected chi connectivity index (χ2v) is 11.9. The lowest BCUT2D eigenvalue weighted by Gasteiger charge is -2.34. The zero-order chi connectivity index (χ0) is 30.3. The lowest BCUT2D eigenvalue weighted by molar-refractivity contribution is -0.139. The van der Waals surface area contributed by atoms with Crippen LogP contribution in [-0.2, 0) is 32.6 Å². The van der Waals surface area contributed by atoms with Crippen LogP contribution < -0.4 is 9.62 Å². The largest absolute Gasteiger partial charge is 0.357 e. The molecule has 7 nitrogen and oxygen atoms in total. The first-order valence-electron chi connectivity index (χ1n) is 13.5. The summed E-state index contributed by atoms with van der Waals surface area (Å²) in [5.74, 6) is -1.64. The highest BCUT2D eigenvalue weighted by molar-refractivity contribution is 7.92. The van der Waals surface area contributed by atoms with Crippen LogP contribution in [-0.4, -0.2) is 44.8 Å². The number of nitrogens with zero attached hydrogens (tertiary/aromatic N) is 2. The Kier molecular flexibility index (Phi) is 9.75. The van der Waals surface area contributed by atoms with Crippen molar-refractivity contribution in [2.24, 2.45) is 0 Å². The fourth-order valence-corrected chi connectivity index (χ4v) is 6.20. The van der Waals surface area contributed by atoms with Crippen molar-refractivity contribution in [2.45, 2.75) is 37.8 Å². The Morgan fingerprint density at radius 1 is 0.833 bits per heavy atom. The molecule has 0 fully saturated rings. The maximum absolute atomic E-state index is 14.9. The molecular weight excluding hydrogens is 553 g/mol. The second kappa shape index (κ2) is 13.4. The molecule has 4 rings (SSSR count). The first kappa shape index (κ1) is 30.5. The van der Waals surface area contributed by atoms with Gasteiger partial charge in [0.15, 0.2) is 0 Å². The number of hydrogen-bond donors (Lipinski definition) is 1. The third-order valence-electron chi connectivity index (χ3n) is 7.09. The third-order valence-corrected chi connectivity index (χ3v) is 8.86. The molecule has 0 unspecified atom stereocenters. The molecule has 0 aliphatic heterocycles. The van der Waals surface area contributed by atoms with Gasteiger partial charge in [-0.1, -0.05) is 84.4 Å². The highest BCUT2D eigenvalue weighted by atomic mass is 32.2. The van der Waals surface area contributed by atoms with Crippen molar-refractivity contribution in [1.29, 1.82) is 0 Å². The number of para-hydroxylation sites is 1. The molecule has 1 N–H and O–H groups in total. The van der Waals surface area contributed by atoms with Crippen molar-refractivity contribution in [1.82, 2.24) is 10.2 Å². The Hall–Kier alpha value is -4.50. The molecule has 4 aromatic carbocycles. The quantitative estimate of drug-likeness (QED) is 0.267. The normalized spacial score (nSPS) is 11.9. The molecule has 2 amide bonds. The highest BCUT2D eigenvalue weighted by Crippen LogP contribution is 2.28. The van der Waals surface area contributed by atoms with E-state index in [-0.39, 0.29) is 23.4 Å². The van der Waals surface area contributed by atoms with Crippen LogP contribution in [0.4, 0.5) is 10.1 Å². The van der Waals surface area contributed by atoms with Crippen LogP contribution in [0.1, 0.15) is 22.3 Å². The maximum Gasteiger partial charge on any atom is 0.264 e. The van der Waals surface area contributed by atoms with E-state index in [0.29, 0.717) is 11.3 Å². The summed E-state index contributed by atoms with van der Waals surface area (Å²) < 4.78 is 44.0. The van der Waals surface area contributed by atoms with Gasteiger partial charge in [-0.05, 0) is 49.2 Å². The van der Waals surface area contributed by atoms with Crippen molar-refractivity contribution >= 4 is 27.5 Å². The van der Waals surface area contributed by atoms with Gasteiger partial charge in [0.2, 0.25) is 11.8 Å². The minimum Gasteiger partial charge on any atom is -0.357 e. The molecule has 9 heteroatoms. The zero-order valence-electron chi connectivity index (χ0n) is 23.8. The Balaban J connectivity index is 1.80. The van der Waals surface area contributed by atoms with E-state index in [1.54, 1.807) is 61.5 Å². The van der Waals surface area contributed by atoms with E-state index in [1.165, 1.54) is 30.1 Å². The monoisotopic (exact) mass is 587 g/mol. The molecule has 42 heavy (non-hydrogen) atoms. The lowest BCUT2D eigenvalue weighted by Crippen LogP contribution is -2.53. The van der Waals surface area contributed by atoms with Crippen LogP contribution in [0.25, 0.3) is 0 Å². The Labute approximate surface area is 246 Å². The molecule has 1 atom stereocenters. The number of benzene rings is 4. The number of hydrogen-bond acceptors (Lipinski definition) is 4. The van der Waals surface area contributed by atoms with E-state index < -0.39 is 40.2 Å². The number of carbonyl (C=O) groups excluding carboxylic acids is 2. The van der Waals surface area contributed by atoms with Crippen LogP contribution in [0, 0.1) is 19.7 Å². The smallest absolute Gasteiger partial charge is 0.264 e. The summed E-state index contributed by atoms with van der Waals surface area (Å²) in [6.07, 6.45) is 0.149. The number of aryl methyl sites for hydroxylation is 2. The van der Waals surface area contributed by atoms with Gasteiger partial charge in [0.25, 0.3) is 10.0 Å². The molecule has 0 saturated carbocycles. The number of sulfonamides is 1. The predicted octanol–water partition coefficient (Wildman–Crippen LogP) is 5.02. The van der Waals surface area contributed by atoms with Crippen LogP contribution in [0.5, 0.6) is 0 Å². The summed E-state index contributed by atoms with van der Waals surface area (Å²) in [6.45, 7) is 2.78. The standard InChI is InChI=1S/C33H34FN3O4S/c1-24-17-19-28(20-18-24)42(40,41)37(30-16-10-7-11-25(30)2)23-32(38)36(22-27-14-8-9-15-29(27)34)31(33(39)35-3)21-26-12-5-4-6-13-26/h4-20,31H,21-23H2,1-3H3,(H,35,39)/t31-/m1/s1. The first-order valence-corrected chi connectivity index (χ1v) is 15.0. The number of anilines is 1. The van der Waals surface area contributed by atoms with Gasteiger partial charge in [0.1, 0.15) is 18.4 Å². The van der Waals surface area contributed by atoms with E-state index in [2.05, 4.69) is 5.32 Å². The van der Waals surface area contributed by atoms with Gasteiger partial charge in [0, 0.05) is 25.6 Å². The van der Waals surface area contributed by atoms with Gasteiger partial charge < -0.3 is 10.2 Å². The van der Waals surface area contributed by atoms with Crippen LogP contribution in [0.2, 0.25) is 0 Å². The summed E-state index contributed by atoms with van der Waals surface area (Å²) in [7, 11) is -2.74. The van der Waals surface area contributed by atoms with Crippen LogP contribution >= 0.6 is 0 Å². The Morgan fingerprint density at radius 2 is 1.45 bits per heavy atom. The summed E-state index contributed by atoms with van der Waals surface area (Å²) in [5, 5.41) is 2.62. The van der Waals surface area contributed by atoms with E-state index in [1.807, 2.05) is 37.3 Å². The Bertz CT molecular complexity index is 1640. The third kappa shape index (κ3) is 7.03. The number of carbonyl (C=O) groups is 2. The molecule has 0 aliphatic rings. The van der Waals surface area contributed by atoms with Gasteiger partial charge in [-0.3, -0.25) is 13.9 Å². The fourth-order valence-electron chi connectivity index (χ4n) is 4.72. The van der Waals surface area contributed by atoms with Gasteiger partial charge in [-0.2, -0.15) is 0 Å². The summed E-state index contributed by atoms with van der Waals surface area (Å²) in [6, 6.07) is 27.4. The maximum atomic E-state index is 14.9. The van der Waals surface area contributed by atoms with E-state index in [9.17, 15) is 22.4 Å². The summed E-state index contributed by atoms with van der Waals surface area (Å²) in [5.41, 5.74) is 2.86. The number of likely N-dealkylation sites (N-methyl/N-ethyl adjacent to an activating group) is 1. The molecule has 4 aromatic rings. The van der Waals surface area contributed by atoms with Gasteiger partial charge >= 0.3 is 0 Å². The van der Waals surface area contributed by atoms with E-state index >= 15 is 0 Å². The van der Waals surface area contributed by atoms with Crippen molar-refractivity contribution in [3.8, 4) is 0 Å². The van der Waals surface area contributed by atoms with Crippen molar-refractivity contribution in [2.75, 3.05) is 17.9 Å². The van der Waals surface area contributed by atoms with Crippen LogP contribution in [0.3, 0.4) is 0 Å². The average Bonchev–Trinajstić information content (AvgIpc) is 2.99. The highest BCUT2D eigenvalue weighted by Gasteiger charge is 2.35. The van der Waals surface area contributed by atoms with Crippen molar-refractivity contribution in [3.05, 3.63) is 131 Å². The van der Waals surface area contributed by atoms with E-state index in [4.69, 9.17) is 0 Å². The molecule has 0 radical (unpaired) electrons. The number of halogens is 1. The Morgan fingerprint density at radius 3 is 2.10 bits per heavy atom. The minimum atomic E-state index is -4.20. The summed E-state index contributed by atoms with van der Waals surface area (Å²) in [4.78, 5) is 28.8. The molecule has 0 saturated heterocycles. The molecule has 218 valence electrons. The van der Waals surface area contributed by atoms with Crippen molar-refractivity contribution < 1.29 is 22.4 Å². The fraction of sp³-hybridized carbons (Fsp3) is 0.212.